The second-order valence-electron chi connectivity index (χ2n) is 5.62. The standard InChI is InChI=1S/C18H18INO3/c19-14-6-8-16(9-7-14)23-12-15-2-1-3-17(20-15)18(21)22-11-10-13-4-5-13/h1-3,6-9,13H,4-5,10-12H2. The Morgan fingerprint density at radius 3 is 2.70 bits per heavy atom. The van der Waals surface area contributed by atoms with Gasteiger partial charge in [-0.05, 0) is 71.3 Å². The molecule has 1 saturated carbocycles. The first-order chi connectivity index (χ1) is 11.2. The molecule has 1 fully saturated rings. The molecule has 120 valence electrons. The van der Waals surface area contributed by atoms with Crippen molar-refractivity contribution in [3.8, 4) is 5.75 Å². The quantitative estimate of drug-likeness (QED) is 0.494. The lowest BCUT2D eigenvalue weighted by Crippen LogP contribution is -2.10. The van der Waals surface area contributed by atoms with Gasteiger partial charge >= 0.3 is 5.97 Å². The molecule has 0 bridgehead atoms. The van der Waals surface area contributed by atoms with Crippen LogP contribution in [0.15, 0.2) is 42.5 Å². The van der Waals surface area contributed by atoms with Crippen LogP contribution < -0.4 is 4.74 Å². The number of benzene rings is 1. The number of hydrogen-bond donors (Lipinski definition) is 0. The molecule has 23 heavy (non-hydrogen) atoms. The van der Waals surface area contributed by atoms with E-state index in [-0.39, 0.29) is 5.97 Å². The summed E-state index contributed by atoms with van der Waals surface area (Å²) in [4.78, 5) is 16.3. The van der Waals surface area contributed by atoms with Gasteiger partial charge in [-0.25, -0.2) is 9.78 Å². The van der Waals surface area contributed by atoms with E-state index in [2.05, 4.69) is 27.6 Å². The molecule has 0 unspecified atom stereocenters. The van der Waals surface area contributed by atoms with Gasteiger partial charge in [0.15, 0.2) is 0 Å². The van der Waals surface area contributed by atoms with Crippen LogP contribution in [0.4, 0.5) is 0 Å². The normalized spacial score (nSPS) is 13.6. The molecule has 1 aromatic carbocycles. The van der Waals surface area contributed by atoms with E-state index in [1.54, 1.807) is 12.1 Å². The monoisotopic (exact) mass is 423 g/mol. The number of carbonyl (C=O) groups is 1. The van der Waals surface area contributed by atoms with Crippen molar-refractivity contribution < 1.29 is 14.3 Å². The van der Waals surface area contributed by atoms with Crippen LogP contribution in [0, 0.1) is 9.49 Å². The Kier molecular flexibility index (Phi) is 5.48. The zero-order valence-corrected chi connectivity index (χ0v) is 14.9. The highest BCUT2D eigenvalue weighted by Gasteiger charge is 2.21. The molecule has 5 heteroatoms. The fraction of sp³-hybridized carbons (Fsp3) is 0.333. The lowest BCUT2D eigenvalue weighted by Gasteiger charge is -2.07. The maximum absolute atomic E-state index is 12.0. The summed E-state index contributed by atoms with van der Waals surface area (Å²) < 4.78 is 12.1. The molecule has 1 aliphatic carbocycles. The fourth-order valence-electron chi connectivity index (χ4n) is 2.16. The Morgan fingerprint density at radius 1 is 1.17 bits per heavy atom. The van der Waals surface area contributed by atoms with Gasteiger partial charge in [-0.3, -0.25) is 0 Å². The van der Waals surface area contributed by atoms with E-state index in [1.165, 1.54) is 12.8 Å². The Hall–Kier alpha value is -1.63. The molecule has 0 saturated heterocycles. The van der Waals surface area contributed by atoms with Crippen LogP contribution in [0.5, 0.6) is 5.75 Å². The number of pyridine rings is 1. The van der Waals surface area contributed by atoms with Crippen molar-refractivity contribution in [1.29, 1.82) is 0 Å². The minimum Gasteiger partial charge on any atom is -0.487 e. The largest absolute Gasteiger partial charge is 0.487 e. The van der Waals surface area contributed by atoms with Gasteiger partial charge < -0.3 is 9.47 Å². The number of halogens is 1. The van der Waals surface area contributed by atoms with Crippen molar-refractivity contribution in [2.45, 2.75) is 25.9 Å². The average molecular weight is 423 g/mol. The summed E-state index contributed by atoms with van der Waals surface area (Å²) in [5.74, 6) is 1.18. The maximum atomic E-state index is 12.0. The number of ether oxygens (including phenoxy) is 2. The van der Waals surface area contributed by atoms with Crippen LogP contribution in [0.1, 0.15) is 35.4 Å². The molecule has 1 aliphatic rings. The predicted octanol–water partition coefficient (Wildman–Crippen LogP) is 4.22. The van der Waals surface area contributed by atoms with E-state index in [1.807, 2.05) is 30.3 Å². The molecule has 4 nitrogen and oxygen atoms in total. The molecule has 0 spiro atoms. The highest BCUT2D eigenvalue weighted by Crippen LogP contribution is 2.32. The van der Waals surface area contributed by atoms with Gasteiger partial charge in [0.05, 0.1) is 12.3 Å². The maximum Gasteiger partial charge on any atom is 0.356 e. The van der Waals surface area contributed by atoms with Gasteiger partial charge in [-0.15, -0.1) is 0 Å². The topological polar surface area (TPSA) is 48.4 Å². The van der Waals surface area contributed by atoms with E-state index in [0.29, 0.717) is 24.6 Å². The van der Waals surface area contributed by atoms with E-state index in [4.69, 9.17) is 9.47 Å². The Balaban J connectivity index is 1.53. The summed E-state index contributed by atoms with van der Waals surface area (Å²) in [5, 5.41) is 0. The first kappa shape index (κ1) is 16.2. The summed E-state index contributed by atoms with van der Waals surface area (Å²) in [6.45, 7) is 0.804. The van der Waals surface area contributed by atoms with Crippen LogP contribution in [0.3, 0.4) is 0 Å². The minimum atomic E-state index is -0.359. The third kappa shape index (κ3) is 5.20. The lowest BCUT2D eigenvalue weighted by molar-refractivity contribution is 0.0487. The molecular weight excluding hydrogens is 405 g/mol. The van der Waals surface area contributed by atoms with Crippen LogP contribution in [-0.2, 0) is 11.3 Å². The van der Waals surface area contributed by atoms with E-state index in [9.17, 15) is 4.79 Å². The number of carbonyl (C=O) groups excluding carboxylic acids is 1. The predicted molar refractivity (Wildman–Crippen MR) is 95.4 cm³/mol. The number of nitrogens with zero attached hydrogens (tertiary/aromatic N) is 1. The summed E-state index contributed by atoms with van der Waals surface area (Å²) in [6, 6.07) is 13.1. The van der Waals surface area contributed by atoms with Crippen LogP contribution in [0.25, 0.3) is 0 Å². The number of hydrogen-bond acceptors (Lipinski definition) is 4. The first-order valence-electron chi connectivity index (χ1n) is 7.72. The third-order valence-electron chi connectivity index (χ3n) is 3.67. The molecule has 0 N–H and O–H groups in total. The Labute approximate surface area is 149 Å². The van der Waals surface area contributed by atoms with Gasteiger partial charge in [0.25, 0.3) is 0 Å². The summed E-state index contributed by atoms with van der Waals surface area (Å²) in [5.41, 5.74) is 1.05. The second-order valence-corrected chi connectivity index (χ2v) is 6.87. The van der Waals surface area contributed by atoms with E-state index < -0.39 is 0 Å². The summed E-state index contributed by atoms with van der Waals surface area (Å²) in [6.07, 6.45) is 3.49. The van der Waals surface area contributed by atoms with Gasteiger partial charge in [0.1, 0.15) is 18.1 Å². The molecule has 0 atom stereocenters. The summed E-state index contributed by atoms with van der Waals surface area (Å²) in [7, 11) is 0. The second kappa shape index (κ2) is 7.77. The van der Waals surface area contributed by atoms with Crippen LogP contribution in [-0.4, -0.2) is 17.6 Å². The molecule has 3 rings (SSSR count). The zero-order chi connectivity index (χ0) is 16.1. The van der Waals surface area contributed by atoms with Crippen molar-refractivity contribution in [3.63, 3.8) is 0 Å². The molecule has 0 aliphatic heterocycles. The molecular formula is C18H18INO3. The van der Waals surface area contributed by atoms with Crippen molar-refractivity contribution >= 4 is 28.6 Å². The van der Waals surface area contributed by atoms with Gasteiger partial charge in [0, 0.05) is 3.57 Å². The van der Waals surface area contributed by atoms with Crippen LogP contribution >= 0.6 is 22.6 Å². The Bertz CT molecular complexity index is 668. The molecule has 0 radical (unpaired) electrons. The smallest absolute Gasteiger partial charge is 0.356 e. The molecule has 1 heterocycles. The van der Waals surface area contributed by atoms with E-state index in [0.717, 1.165) is 21.7 Å². The van der Waals surface area contributed by atoms with E-state index >= 15 is 0 Å². The first-order valence-corrected chi connectivity index (χ1v) is 8.80. The minimum absolute atomic E-state index is 0.323. The SMILES string of the molecule is O=C(OCCC1CC1)c1cccc(COc2ccc(I)cc2)n1. The molecule has 1 aromatic heterocycles. The molecule has 0 amide bonds. The van der Waals surface area contributed by atoms with Crippen LogP contribution in [0.2, 0.25) is 0 Å². The van der Waals surface area contributed by atoms with Crippen molar-refractivity contribution in [3.05, 3.63) is 57.4 Å². The Morgan fingerprint density at radius 2 is 1.96 bits per heavy atom. The van der Waals surface area contributed by atoms with Gasteiger partial charge in [-0.1, -0.05) is 18.9 Å². The molecule has 2 aromatic rings. The zero-order valence-electron chi connectivity index (χ0n) is 12.7. The average Bonchev–Trinajstić information content (AvgIpc) is 3.39. The number of esters is 1. The van der Waals surface area contributed by atoms with Gasteiger partial charge in [0.2, 0.25) is 0 Å². The lowest BCUT2D eigenvalue weighted by atomic mass is 10.3. The highest BCUT2D eigenvalue weighted by atomic mass is 127. The number of aromatic nitrogens is 1. The number of rotatable bonds is 7. The van der Waals surface area contributed by atoms with Gasteiger partial charge in [-0.2, -0.15) is 0 Å². The highest BCUT2D eigenvalue weighted by molar-refractivity contribution is 14.1. The fourth-order valence-corrected chi connectivity index (χ4v) is 2.52. The summed E-state index contributed by atoms with van der Waals surface area (Å²) >= 11 is 2.25. The van der Waals surface area contributed by atoms with Crippen molar-refractivity contribution in [2.75, 3.05) is 6.61 Å². The van der Waals surface area contributed by atoms with Crippen molar-refractivity contribution in [1.82, 2.24) is 4.98 Å². The third-order valence-corrected chi connectivity index (χ3v) is 4.39. The van der Waals surface area contributed by atoms with Crippen molar-refractivity contribution in [2.24, 2.45) is 5.92 Å².